The molecule has 0 N–H and O–H groups in total. The van der Waals surface area contributed by atoms with Crippen molar-refractivity contribution in [3.63, 3.8) is 0 Å². The van der Waals surface area contributed by atoms with Crippen LogP contribution in [0.5, 0.6) is 0 Å². The Morgan fingerprint density at radius 3 is 2.84 bits per heavy atom. The number of aromatic nitrogens is 1. The number of aryl methyl sites for hydroxylation is 1. The molecule has 1 saturated heterocycles. The third kappa shape index (κ3) is 2.04. The quantitative estimate of drug-likeness (QED) is 0.764. The van der Waals surface area contributed by atoms with E-state index in [0.717, 1.165) is 44.3 Å². The fraction of sp³-hybridized carbons (Fsp3) is 0.600. The highest BCUT2D eigenvalue weighted by Gasteiger charge is 2.47. The average Bonchev–Trinajstić information content (AvgIpc) is 2.67. The number of esters is 1. The molecule has 1 aromatic rings. The smallest absolute Gasteiger partial charge is 0.358 e. The molecule has 0 aromatic carbocycles. The van der Waals surface area contributed by atoms with Crippen molar-refractivity contribution in [2.75, 3.05) is 20.1 Å². The van der Waals surface area contributed by atoms with E-state index >= 15 is 0 Å². The molecule has 102 valence electrons. The first-order valence-corrected chi connectivity index (χ1v) is 7.06. The van der Waals surface area contributed by atoms with Crippen molar-refractivity contribution in [1.29, 1.82) is 0 Å². The van der Waals surface area contributed by atoms with E-state index in [9.17, 15) is 4.79 Å². The minimum atomic E-state index is -0.407. The van der Waals surface area contributed by atoms with Gasteiger partial charge in [-0.1, -0.05) is 13.3 Å². The largest absolute Gasteiger partial charge is 0.449 e. The van der Waals surface area contributed by atoms with Gasteiger partial charge >= 0.3 is 5.97 Å². The van der Waals surface area contributed by atoms with Gasteiger partial charge in [-0.05, 0) is 25.1 Å². The molecule has 0 aliphatic carbocycles. The number of rotatable bonds is 2. The van der Waals surface area contributed by atoms with Crippen molar-refractivity contribution >= 4 is 5.97 Å². The Morgan fingerprint density at radius 2 is 2.16 bits per heavy atom. The van der Waals surface area contributed by atoms with Gasteiger partial charge in [-0.15, -0.1) is 0 Å². The molecule has 0 atom stereocenters. The van der Waals surface area contributed by atoms with E-state index in [1.54, 1.807) is 0 Å². The maximum Gasteiger partial charge on any atom is 0.358 e. The van der Waals surface area contributed by atoms with Crippen LogP contribution in [-0.2, 0) is 16.8 Å². The van der Waals surface area contributed by atoms with Gasteiger partial charge in [-0.25, -0.2) is 9.78 Å². The normalized spacial score (nSPS) is 21.5. The summed E-state index contributed by atoms with van der Waals surface area (Å²) in [5, 5.41) is 0. The molecule has 3 rings (SSSR count). The summed E-state index contributed by atoms with van der Waals surface area (Å²) >= 11 is 0. The molecule has 0 saturated carbocycles. The predicted molar refractivity (Wildman–Crippen MR) is 72.1 cm³/mol. The van der Waals surface area contributed by atoms with E-state index in [1.807, 2.05) is 6.20 Å². The molecule has 1 aromatic heterocycles. The van der Waals surface area contributed by atoms with Crippen LogP contribution in [0.1, 0.15) is 47.8 Å². The Morgan fingerprint density at radius 1 is 1.42 bits per heavy atom. The molecule has 4 heteroatoms. The average molecular weight is 260 g/mol. The van der Waals surface area contributed by atoms with Crippen molar-refractivity contribution in [3.8, 4) is 0 Å². The SMILES string of the molecule is CCCc1cnc2c(c1)C1(CCN(C)CC1)OC2=O. The third-order valence-electron chi connectivity index (χ3n) is 4.25. The lowest BCUT2D eigenvalue weighted by Crippen LogP contribution is -2.41. The molecule has 3 heterocycles. The Bertz CT molecular complexity index is 505. The van der Waals surface area contributed by atoms with Crippen LogP contribution >= 0.6 is 0 Å². The molecule has 1 spiro atoms. The molecule has 4 nitrogen and oxygen atoms in total. The highest BCUT2D eigenvalue weighted by Crippen LogP contribution is 2.43. The van der Waals surface area contributed by atoms with E-state index in [2.05, 4.69) is 29.9 Å². The van der Waals surface area contributed by atoms with Crippen LogP contribution in [0, 0.1) is 0 Å². The molecule has 0 radical (unpaired) electrons. The number of hydrogen-bond acceptors (Lipinski definition) is 4. The van der Waals surface area contributed by atoms with Crippen LogP contribution in [0.3, 0.4) is 0 Å². The standard InChI is InChI=1S/C15H20N2O2/c1-3-4-11-9-12-13(16-10-11)14(18)19-15(12)5-7-17(2)8-6-15/h9-10H,3-8H2,1-2H3. The number of nitrogens with zero attached hydrogens (tertiary/aromatic N) is 2. The number of likely N-dealkylation sites (tertiary alicyclic amines) is 1. The van der Waals surface area contributed by atoms with Crippen molar-refractivity contribution in [1.82, 2.24) is 9.88 Å². The molecule has 1 fully saturated rings. The molecular weight excluding hydrogens is 240 g/mol. The molecule has 0 unspecified atom stereocenters. The van der Waals surface area contributed by atoms with Crippen LogP contribution in [0.4, 0.5) is 0 Å². The van der Waals surface area contributed by atoms with E-state index < -0.39 is 5.60 Å². The van der Waals surface area contributed by atoms with Crippen molar-refractivity contribution in [2.45, 2.75) is 38.2 Å². The van der Waals surface area contributed by atoms with Gasteiger partial charge < -0.3 is 9.64 Å². The minimum absolute atomic E-state index is 0.248. The summed E-state index contributed by atoms with van der Waals surface area (Å²) in [4.78, 5) is 18.6. The maximum atomic E-state index is 12.0. The molecule has 0 bridgehead atoms. The zero-order chi connectivity index (χ0) is 13.5. The van der Waals surface area contributed by atoms with Gasteiger partial charge in [-0.2, -0.15) is 0 Å². The van der Waals surface area contributed by atoms with Crippen molar-refractivity contribution in [3.05, 3.63) is 29.1 Å². The van der Waals surface area contributed by atoms with E-state index in [0.29, 0.717) is 5.69 Å². The van der Waals surface area contributed by atoms with Crippen LogP contribution in [-0.4, -0.2) is 36.0 Å². The van der Waals surface area contributed by atoms with Gasteiger partial charge in [-0.3, -0.25) is 0 Å². The fourth-order valence-electron chi connectivity index (χ4n) is 3.08. The van der Waals surface area contributed by atoms with Crippen LogP contribution in [0.2, 0.25) is 0 Å². The zero-order valence-corrected chi connectivity index (χ0v) is 11.6. The van der Waals surface area contributed by atoms with Gasteiger partial charge in [0, 0.05) is 37.7 Å². The predicted octanol–water partition coefficient (Wildman–Crippen LogP) is 2.13. The molecule has 2 aliphatic heterocycles. The Kier molecular flexibility index (Phi) is 3.05. The highest BCUT2D eigenvalue weighted by atomic mass is 16.6. The number of carbonyl (C=O) groups excluding carboxylic acids is 1. The fourth-order valence-corrected chi connectivity index (χ4v) is 3.08. The molecule has 19 heavy (non-hydrogen) atoms. The van der Waals surface area contributed by atoms with Crippen molar-refractivity contribution < 1.29 is 9.53 Å². The number of ether oxygens (including phenoxy) is 1. The van der Waals surface area contributed by atoms with Crippen molar-refractivity contribution in [2.24, 2.45) is 0 Å². The Hall–Kier alpha value is -1.42. The number of carbonyl (C=O) groups is 1. The molecule has 2 aliphatic rings. The second-order valence-corrected chi connectivity index (χ2v) is 5.68. The lowest BCUT2D eigenvalue weighted by molar-refractivity contribution is -0.0395. The molecule has 0 amide bonds. The monoisotopic (exact) mass is 260 g/mol. The topological polar surface area (TPSA) is 42.4 Å². The zero-order valence-electron chi connectivity index (χ0n) is 11.6. The third-order valence-corrected chi connectivity index (χ3v) is 4.25. The summed E-state index contributed by atoms with van der Waals surface area (Å²) in [6.07, 6.45) is 5.66. The minimum Gasteiger partial charge on any atom is -0.449 e. The van der Waals surface area contributed by atoms with Gasteiger partial charge in [0.1, 0.15) is 5.60 Å². The second kappa shape index (κ2) is 4.60. The first kappa shape index (κ1) is 12.6. The number of piperidine rings is 1. The van der Waals surface area contributed by atoms with Gasteiger partial charge in [0.25, 0.3) is 0 Å². The van der Waals surface area contributed by atoms with Gasteiger partial charge in [0.2, 0.25) is 0 Å². The van der Waals surface area contributed by atoms with E-state index in [-0.39, 0.29) is 5.97 Å². The Balaban J connectivity index is 1.99. The first-order valence-electron chi connectivity index (χ1n) is 7.06. The number of fused-ring (bicyclic) bond motifs is 2. The summed E-state index contributed by atoms with van der Waals surface area (Å²) in [6.45, 7) is 4.08. The highest BCUT2D eigenvalue weighted by molar-refractivity contribution is 5.92. The lowest BCUT2D eigenvalue weighted by atomic mass is 9.84. The summed E-state index contributed by atoms with van der Waals surface area (Å²) in [5.74, 6) is -0.248. The number of hydrogen-bond donors (Lipinski definition) is 0. The lowest BCUT2D eigenvalue weighted by Gasteiger charge is -2.36. The van der Waals surface area contributed by atoms with Crippen LogP contribution < -0.4 is 0 Å². The molecular formula is C15H20N2O2. The van der Waals surface area contributed by atoms with Crippen LogP contribution in [0.15, 0.2) is 12.3 Å². The number of pyridine rings is 1. The van der Waals surface area contributed by atoms with E-state index in [4.69, 9.17) is 4.74 Å². The summed E-state index contributed by atoms with van der Waals surface area (Å²) in [6, 6.07) is 2.14. The summed E-state index contributed by atoms with van der Waals surface area (Å²) in [7, 11) is 2.11. The second-order valence-electron chi connectivity index (χ2n) is 5.68. The Labute approximate surface area is 113 Å². The summed E-state index contributed by atoms with van der Waals surface area (Å²) in [5.41, 5.74) is 2.36. The van der Waals surface area contributed by atoms with Crippen LogP contribution in [0.25, 0.3) is 0 Å². The van der Waals surface area contributed by atoms with E-state index in [1.165, 1.54) is 5.56 Å². The summed E-state index contributed by atoms with van der Waals surface area (Å²) < 4.78 is 5.71. The maximum absolute atomic E-state index is 12.0. The van der Waals surface area contributed by atoms with Gasteiger partial charge in [0.05, 0.1) is 0 Å². The van der Waals surface area contributed by atoms with Gasteiger partial charge in [0.15, 0.2) is 5.69 Å². The first-order chi connectivity index (χ1) is 9.14.